The number of nitrogens with one attached hydrogen (secondary N) is 2. The van der Waals surface area contributed by atoms with Gasteiger partial charge in [-0.1, -0.05) is 6.07 Å². The zero-order valence-corrected chi connectivity index (χ0v) is 14.3. The minimum Gasteiger partial charge on any atom is -0.330 e. The topological polar surface area (TPSA) is 91.4 Å². The van der Waals surface area contributed by atoms with Crippen molar-refractivity contribution in [2.24, 2.45) is 0 Å². The Labute approximate surface area is 137 Å². The minimum atomic E-state index is -3.26. The van der Waals surface area contributed by atoms with Gasteiger partial charge in [-0.15, -0.1) is 0 Å². The first kappa shape index (κ1) is 17.7. The number of pyridine rings is 1. The molecule has 2 amide bonds. The third kappa shape index (κ3) is 5.47. The van der Waals surface area contributed by atoms with E-state index in [0.717, 1.165) is 31.2 Å². The molecule has 0 aliphatic carbocycles. The largest absolute Gasteiger partial charge is 0.330 e. The number of piperidine rings is 1. The maximum absolute atomic E-state index is 12.5. The Morgan fingerprint density at radius 3 is 2.87 bits per heavy atom. The summed E-state index contributed by atoms with van der Waals surface area (Å²) < 4.78 is 25.0. The van der Waals surface area contributed by atoms with Crippen molar-refractivity contribution in [1.82, 2.24) is 19.9 Å². The van der Waals surface area contributed by atoms with Gasteiger partial charge in [0, 0.05) is 25.3 Å². The highest BCUT2D eigenvalue weighted by Crippen LogP contribution is 2.18. The Morgan fingerprint density at radius 2 is 2.22 bits per heavy atom. The van der Waals surface area contributed by atoms with Crippen LogP contribution in [0.2, 0.25) is 0 Å². The zero-order chi connectivity index (χ0) is 16.9. The number of urea groups is 1. The molecule has 1 aliphatic rings. The first-order valence-corrected chi connectivity index (χ1v) is 9.68. The van der Waals surface area contributed by atoms with Crippen molar-refractivity contribution < 1.29 is 13.2 Å². The Bertz CT molecular complexity index is 621. The third-order valence-corrected chi connectivity index (χ3v) is 4.63. The summed E-state index contributed by atoms with van der Waals surface area (Å²) in [6.07, 6.45) is 5.55. The molecule has 2 heterocycles. The van der Waals surface area contributed by atoms with Crippen LogP contribution in [0, 0.1) is 0 Å². The van der Waals surface area contributed by atoms with E-state index in [2.05, 4.69) is 15.0 Å². The third-order valence-electron chi connectivity index (χ3n) is 3.94. The number of hydrogen-bond acceptors (Lipinski definition) is 4. The lowest BCUT2D eigenvalue weighted by Gasteiger charge is -2.36. The van der Waals surface area contributed by atoms with Crippen molar-refractivity contribution in [2.75, 3.05) is 19.3 Å². The summed E-state index contributed by atoms with van der Waals surface area (Å²) in [6.45, 7) is 2.77. The van der Waals surface area contributed by atoms with Crippen LogP contribution in [0.5, 0.6) is 0 Å². The van der Waals surface area contributed by atoms with Gasteiger partial charge in [0.05, 0.1) is 18.0 Å². The maximum atomic E-state index is 12.5. The lowest BCUT2D eigenvalue weighted by molar-refractivity contribution is 0.149. The molecule has 128 valence electrons. The quantitative estimate of drug-likeness (QED) is 0.844. The second-order valence-electron chi connectivity index (χ2n) is 5.89. The van der Waals surface area contributed by atoms with Crippen molar-refractivity contribution in [3.8, 4) is 0 Å². The van der Waals surface area contributed by atoms with Gasteiger partial charge in [-0.2, -0.15) is 0 Å². The van der Waals surface area contributed by atoms with Gasteiger partial charge in [-0.25, -0.2) is 17.9 Å². The second-order valence-corrected chi connectivity index (χ2v) is 7.72. The number of rotatable bonds is 5. The van der Waals surface area contributed by atoms with Gasteiger partial charge in [0.25, 0.3) is 0 Å². The molecular formula is C15H24N4O3S. The van der Waals surface area contributed by atoms with Crippen molar-refractivity contribution in [1.29, 1.82) is 0 Å². The fraction of sp³-hybridized carbons (Fsp3) is 0.600. The van der Waals surface area contributed by atoms with Crippen molar-refractivity contribution in [3.05, 3.63) is 30.1 Å². The monoisotopic (exact) mass is 340 g/mol. The van der Waals surface area contributed by atoms with Gasteiger partial charge in [-0.3, -0.25) is 4.98 Å². The van der Waals surface area contributed by atoms with Crippen molar-refractivity contribution in [3.63, 3.8) is 0 Å². The van der Waals surface area contributed by atoms with Crippen LogP contribution < -0.4 is 10.0 Å². The molecule has 1 aromatic rings. The number of hydrogen-bond donors (Lipinski definition) is 2. The van der Waals surface area contributed by atoms with Crippen LogP contribution in [0.3, 0.4) is 0 Å². The van der Waals surface area contributed by atoms with E-state index in [1.165, 1.54) is 0 Å². The molecule has 7 nitrogen and oxygen atoms in total. The first-order valence-electron chi connectivity index (χ1n) is 7.79. The van der Waals surface area contributed by atoms with Crippen LogP contribution in [0.25, 0.3) is 0 Å². The average Bonchev–Trinajstić information content (AvgIpc) is 2.53. The molecule has 1 saturated heterocycles. The SMILES string of the molecule is C[C@@H](NC(=O)N1CCCC[C@@H]1CNS(C)(=O)=O)c1ccccn1. The van der Waals surface area contributed by atoms with E-state index in [1.54, 1.807) is 11.1 Å². The molecule has 8 heteroatoms. The van der Waals surface area contributed by atoms with Crippen LogP contribution in [0.4, 0.5) is 4.79 Å². The molecule has 1 fully saturated rings. The van der Waals surface area contributed by atoms with Crippen molar-refractivity contribution >= 4 is 16.1 Å². The summed E-state index contributed by atoms with van der Waals surface area (Å²) in [4.78, 5) is 18.5. The lowest BCUT2D eigenvalue weighted by atomic mass is 10.0. The molecule has 0 spiro atoms. The number of carbonyl (C=O) groups excluding carboxylic acids is 1. The summed E-state index contributed by atoms with van der Waals surface area (Å²) >= 11 is 0. The molecule has 0 unspecified atom stereocenters. The van der Waals surface area contributed by atoms with Crippen molar-refractivity contribution in [2.45, 2.75) is 38.3 Å². The smallest absolute Gasteiger partial charge is 0.318 e. The predicted molar refractivity (Wildman–Crippen MR) is 88.4 cm³/mol. The van der Waals surface area contributed by atoms with Crippen LogP contribution in [-0.4, -0.2) is 49.7 Å². The summed E-state index contributed by atoms with van der Waals surface area (Å²) in [7, 11) is -3.26. The van der Waals surface area contributed by atoms with Crippen LogP contribution in [0.15, 0.2) is 24.4 Å². The van der Waals surface area contributed by atoms with E-state index in [1.807, 2.05) is 25.1 Å². The Morgan fingerprint density at radius 1 is 1.43 bits per heavy atom. The lowest BCUT2D eigenvalue weighted by Crippen LogP contribution is -2.53. The summed E-state index contributed by atoms with van der Waals surface area (Å²) in [5.41, 5.74) is 0.795. The molecule has 1 aromatic heterocycles. The Hall–Kier alpha value is -1.67. The van der Waals surface area contributed by atoms with E-state index in [9.17, 15) is 13.2 Å². The summed E-state index contributed by atoms with van der Waals surface area (Å²) in [6, 6.07) is 5.08. The molecular weight excluding hydrogens is 316 g/mol. The average molecular weight is 340 g/mol. The summed E-state index contributed by atoms with van der Waals surface area (Å²) in [5, 5.41) is 2.94. The highest BCUT2D eigenvalue weighted by atomic mass is 32.2. The normalized spacial score (nSPS) is 20.1. The van der Waals surface area contributed by atoms with Gasteiger partial charge in [0.1, 0.15) is 0 Å². The Balaban J connectivity index is 1.97. The van der Waals surface area contributed by atoms with Gasteiger partial charge >= 0.3 is 6.03 Å². The number of carbonyl (C=O) groups is 1. The van der Waals surface area contributed by atoms with E-state index in [-0.39, 0.29) is 24.7 Å². The number of sulfonamides is 1. The fourth-order valence-corrected chi connectivity index (χ4v) is 3.20. The van der Waals surface area contributed by atoms with Crippen LogP contribution in [0.1, 0.15) is 37.9 Å². The van der Waals surface area contributed by atoms with Gasteiger partial charge in [0.15, 0.2) is 0 Å². The molecule has 2 N–H and O–H groups in total. The van der Waals surface area contributed by atoms with E-state index >= 15 is 0 Å². The van der Waals surface area contributed by atoms with E-state index in [0.29, 0.717) is 6.54 Å². The van der Waals surface area contributed by atoms with Crippen LogP contribution in [-0.2, 0) is 10.0 Å². The highest BCUT2D eigenvalue weighted by molar-refractivity contribution is 7.88. The zero-order valence-electron chi connectivity index (χ0n) is 13.5. The maximum Gasteiger partial charge on any atom is 0.318 e. The number of likely N-dealkylation sites (tertiary alicyclic amines) is 1. The molecule has 1 aliphatic heterocycles. The molecule has 0 saturated carbocycles. The molecule has 0 radical (unpaired) electrons. The first-order chi connectivity index (χ1) is 10.9. The van der Waals surface area contributed by atoms with Gasteiger partial charge in [-0.05, 0) is 38.3 Å². The molecule has 23 heavy (non-hydrogen) atoms. The molecule has 2 rings (SSSR count). The van der Waals surface area contributed by atoms with E-state index in [4.69, 9.17) is 0 Å². The standard InChI is InChI=1S/C15H24N4O3S/c1-12(14-8-3-5-9-16-14)18-15(20)19-10-6-4-7-13(19)11-17-23(2,21)22/h3,5,8-9,12-13,17H,4,6-7,10-11H2,1-2H3,(H,18,20)/t12-,13-/m1/s1. The molecule has 0 bridgehead atoms. The molecule has 2 atom stereocenters. The molecule has 0 aromatic carbocycles. The summed E-state index contributed by atoms with van der Waals surface area (Å²) in [5.74, 6) is 0. The number of aromatic nitrogens is 1. The predicted octanol–water partition coefficient (Wildman–Crippen LogP) is 1.26. The minimum absolute atomic E-state index is 0.116. The van der Waals surface area contributed by atoms with Crippen LogP contribution >= 0.6 is 0 Å². The Kier molecular flexibility index (Phi) is 5.95. The second kappa shape index (κ2) is 7.74. The van der Waals surface area contributed by atoms with Gasteiger partial charge in [0.2, 0.25) is 10.0 Å². The van der Waals surface area contributed by atoms with E-state index < -0.39 is 10.0 Å². The number of amides is 2. The fourth-order valence-electron chi connectivity index (χ4n) is 2.70. The number of nitrogens with zero attached hydrogens (tertiary/aromatic N) is 2. The highest BCUT2D eigenvalue weighted by Gasteiger charge is 2.28. The van der Waals surface area contributed by atoms with Gasteiger partial charge < -0.3 is 10.2 Å².